The first-order valence-corrected chi connectivity index (χ1v) is 9.73. The molecular formula is C16H16BrN3O3S. The number of halogens is 1. The lowest BCUT2D eigenvalue weighted by Crippen LogP contribution is -2.27. The molecule has 6 nitrogen and oxygen atoms in total. The van der Waals surface area contributed by atoms with E-state index in [-0.39, 0.29) is 29.0 Å². The first-order chi connectivity index (χ1) is 11.5. The van der Waals surface area contributed by atoms with Crippen LogP contribution in [0.25, 0.3) is 0 Å². The van der Waals surface area contributed by atoms with Crippen LogP contribution in [-0.2, 0) is 16.6 Å². The van der Waals surface area contributed by atoms with Crippen LogP contribution in [0, 0.1) is 0 Å². The van der Waals surface area contributed by atoms with Gasteiger partial charge in [0.1, 0.15) is 0 Å². The number of amides is 1. The fourth-order valence-electron chi connectivity index (χ4n) is 2.10. The van der Waals surface area contributed by atoms with Gasteiger partial charge in [0.15, 0.2) is 0 Å². The first-order valence-electron chi connectivity index (χ1n) is 7.46. The van der Waals surface area contributed by atoms with Gasteiger partial charge in [0, 0.05) is 16.7 Å². The predicted octanol–water partition coefficient (Wildman–Crippen LogP) is 2.21. The second-order valence-corrected chi connectivity index (χ2v) is 8.11. The van der Waals surface area contributed by atoms with E-state index in [1.54, 1.807) is 24.4 Å². The number of nitrogens with one attached hydrogen (secondary N) is 2. The Labute approximate surface area is 148 Å². The smallest absolute Gasteiger partial charge is 0.252 e. The average molecular weight is 410 g/mol. The van der Waals surface area contributed by atoms with Crippen LogP contribution in [0.1, 0.15) is 28.9 Å². The van der Waals surface area contributed by atoms with E-state index >= 15 is 0 Å². The number of pyridine rings is 1. The fourth-order valence-corrected chi connectivity index (χ4v) is 3.86. The molecule has 0 saturated heterocycles. The highest BCUT2D eigenvalue weighted by Gasteiger charge is 2.28. The number of carbonyl (C=O) groups excluding carboxylic acids is 1. The maximum Gasteiger partial charge on any atom is 0.252 e. The molecule has 0 radical (unpaired) electrons. The van der Waals surface area contributed by atoms with E-state index < -0.39 is 10.0 Å². The number of aromatic nitrogens is 1. The molecule has 126 valence electrons. The quantitative estimate of drug-likeness (QED) is 0.765. The molecule has 0 atom stereocenters. The molecule has 2 N–H and O–H groups in total. The molecule has 1 aliphatic rings. The predicted molar refractivity (Wildman–Crippen MR) is 92.9 cm³/mol. The maximum absolute atomic E-state index is 12.4. The third-order valence-corrected chi connectivity index (χ3v) is 5.76. The zero-order chi connectivity index (χ0) is 17.2. The molecule has 1 saturated carbocycles. The standard InChI is InChI=1S/C16H16BrN3O3S/c17-15-7-6-13(24(22,23)20-11-4-5-11)9-14(15)16(21)19-10-12-3-1-2-8-18-12/h1-3,6-9,11,20H,4-5,10H2,(H,19,21). The number of carbonyl (C=O) groups is 1. The van der Waals surface area contributed by atoms with Gasteiger partial charge in [-0.15, -0.1) is 0 Å². The van der Waals surface area contributed by atoms with E-state index in [2.05, 4.69) is 31.0 Å². The molecule has 0 unspecified atom stereocenters. The van der Waals surface area contributed by atoms with Gasteiger partial charge in [0.05, 0.1) is 22.7 Å². The fraction of sp³-hybridized carbons (Fsp3) is 0.250. The van der Waals surface area contributed by atoms with E-state index in [0.29, 0.717) is 4.47 Å². The summed E-state index contributed by atoms with van der Waals surface area (Å²) >= 11 is 3.30. The largest absolute Gasteiger partial charge is 0.346 e. The zero-order valence-corrected chi connectivity index (χ0v) is 15.1. The highest BCUT2D eigenvalue weighted by Crippen LogP contribution is 2.25. The molecule has 8 heteroatoms. The van der Waals surface area contributed by atoms with E-state index in [1.807, 2.05) is 6.07 Å². The number of sulfonamides is 1. The second kappa shape index (κ2) is 7.00. The summed E-state index contributed by atoms with van der Waals surface area (Å²) in [5.41, 5.74) is 0.991. The first kappa shape index (κ1) is 17.1. The molecule has 0 spiro atoms. The van der Waals surface area contributed by atoms with Crippen LogP contribution in [0.15, 0.2) is 52.0 Å². The summed E-state index contributed by atoms with van der Waals surface area (Å²) in [5.74, 6) is -0.365. The summed E-state index contributed by atoms with van der Waals surface area (Å²) in [6.07, 6.45) is 3.36. The minimum absolute atomic E-state index is 0.0140. The molecule has 1 fully saturated rings. The van der Waals surface area contributed by atoms with Crippen molar-refractivity contribution < 1.29 is 13.2 Å². The summed E-state index contributed by atoms with van der Waals surface area (Å²) in [7, 11) is -3.60. The van der Waals surface area contributed by atoms with Crippen LogP contribution in [-0.4, -0.2) is 25.4 Å². The lowest BCUT2D eigenvalue weighted by Gasteiger charge is -2.10. The number of nitrogens with zero attached hydrogens (tertiary/aromatic N) is 1. The van der Waals surface area contributed by atoms with Crippen molar-refractivity contribution in [1.29, 1.82) is 0 Å². The Morgan fingerprint density at radius 1 is 1.25 bits per heavy atom. The highest BCUT2D eigenvalue weighted by atomic mass is 79.9. The number of benzene rings is 1. The average Bonchev–Trinajstić information content (AvgIpc) is 3.37. The SMILES string of the molecule is O=C(NCc1ccccn1)c1cc(S(=O)(=O)NC2CC2)ccc1Br. The van der Waals surface area contributed by atoms with Crippen molar-refractivity contribution in [2.24, 2.45) is 0 Å². The third-order valence-electron chi connectivity index (χ3n) is 3.55. The molecule has 1 aliphatic carbocycles. The van der Waals surface area contributed by atoms with Crippen LogP contribution in [0.5, 0.6) is 0 Å². The van der Waals surface area contributed by atoms with Crippen molar-refractivity contribution in [3.63, 3.8) is 0 Å². The Balaban J connectivity index is 1.76. The molecule has 0 aliphatic heterocycles. The van der Waals surface area contributed by atoms with Crippen LogP contribution < -0.4 is 10.0 Å². The van der Waals surface area contributed by atoms with E-state index in [4.69, 9.17) is 0 Å². The summed E-state index contributed by atoms with van der Waals surface area (Å²) in [5, 5.41) is 2.74. The molecular weight excluding hydrogens is 394 g/mol. The topological polar surface area (TPSA) is 88.2 Å². The maximum atomic E-state index is 12.4. The summed E-state index contributed by atoms with van der Waals surface area (Å²) in [4.78, 5) is 16.6. The van der Waals surface area contributed by atoms with E-state index in [0.717, 1.165) is 18.5 Å². The number of hydrogen-bond acceptors (Lipinski definition) is 4. The van der Waals surface area contributed by atoms with Gasteiger partial charge in [0.2, 0.25) is 10.0 Å². The van der Waals surface area contributed by atoms with Crippen LogP contribution >= 0.6 is 15.9 Å². The van der Waals surface area contributed by atoms with Crippen molar-refractivity contribution in [1.82, 2.24) is 15.0 Å². The Morgan fingerprint density at radius 2 is 2.04 bits per heavy atom. The summed E-state index contributed by atoms with van der Waals surface area (Å²) in [6, 6.07) is 9.87. The Morgan fingerprint density at radius 3 is 2.71 bits per heavy atom. The zero-order valence-electron chi connectivity index (χ0n) is 12.7. The van der Waals surface area contributed by atoms with Crippen molar-refractivity contribution in [2.45, 2.75) is 30.3 Å². The summed E-state index contributed by atoms with van der Waals surface area (Å²) in [6.45, 7) is 0.267. The van der Waals surface area contributed by atoms with Gasteiger partial charge in [-0.05, 0) is 59.1 Å². The van der Waals surface area contributed by atoms with Gasteiger partial charge in [0.25, 0.3) is 5.91 Å². The van der Waals surface area contributed by atoms with Crippen LogP contribution in [0.4, 0.5) is 0 Å². The van der Waals surface area contributed by atoms with E-state index in [9.17, 15) is 13.2 Å². The normalized spacial score (nSPS) is 14.4. The Hall–Kier alpha value is -1.77. The van der Waals surface area contributed by atoms with Gasteiger partial charge >= 0.3 is 0 Å². The third kappa shape index (κ3) is 4.19. The molecule has 24 heavy (non-hydrogen) atoms. The number of hydrogen-bond donors (Lipinski definition) is 2. The lowest BCUT2D eigenvalue weighted by molar-refractivity contribution is 0.0949. The Bertz CT molecular complexity index is 852. The van der Waals surface area contributed by atoms with Crippen molar-refractivity contribution in [2.75, 3.05) is 0 Å². The molecule has 1 heterocycles. The minimum atomic E-state index is -3.60. The van der Waals surface area contributed by atoms with Gasteiger partial charge in [-0.1, -0.05) is 6.07 Å². The lowest BCUT2D eigenvalue weighted by atomic mass is 10.2. The van der Waals surface area contributed by atoms with Crippen LogP contribution in [0.2, 0.25) is 0 Å². The molecule has 0 bridgehead atoms. The van der Waals surface area contributed by atoms with Crippen LogP contribution in [0.3, 0.4) is 0 Å². The highest BCUT2D eigenvalue weighted by molar-refractivity contribution is 9.10. The minimum Gasteiger partial charge on any atom is -0.346 e. The molecule has 2 aromatic rings. The molecule has 1 aromatic carbocycles. The monoisotopic (exact) mass is 409 g/mol. The summed E-state index contributed by atoms with van der Waals surface area (Å²) < 4.78 is 27.7. The van der Waals surface area contributed by atoms with Crippen molar-refractivity contribution in [3.8, 4) is 0 Å². The number of rotatable bonds is 6. The molecule has 3 rings (SSSR count). The second-order valence-electron chi connectivity index (χ2n) is 5.54. The van der Waals surface area contributed by atoms with Gasteiger partial charge < -0.3 is 5.32 Å². The van der Waals surface area contributed by atoms with Gasteiger partial charge in [-0.25, -0.2) is 13.1 Å². The molecule has 1 amide bonds. The molecule has 1 aromatic heterocycles. The van der Waals surface area contributed by atoms with Gasteiger partial charge in [-0.3, -0.25) is 9.78 Å². The van der Waals surface area contributed by atoms with E-state index in [1.165, 1.54) is 12.1 Å². The van der Waals surface area contributed by atoms with Crippen molar-refractivity contribution in [3.05, 3.63) is 58.3 Å². The van der Waals surface area contributed by atoms with Gasteiger partial charge in [-0.2, -0.15) is 0 Å². The Kier molecular flexibility index (Phi) is 4.98. The van der Waals surface area contributed by atoms with Crippen molar-refractivity contribution >= 4 is 31.9 Å².